The fourth-order valence-electron chi connectivity index (χ4n) is 2.18. The van der Waals surface area contributed by atoms with E-state index < -0.39 is 11.6 Å². The van der Waals surface area contributed by atoms with Crippen molar-refractivity contribution in [1.29, 1.82) is 0 Å². The van der Waals surface area contributed by atoms with Crippen molar-refractivity contribution >= 4 is 22.4 Å². The molecule has 136 valence electrons. The largest absolute Gasteiger partial charge is 0.385 e. The topological polar surface area (TPSA) is 54.5 Å². The van der Waals surface area contributed by atoms with Crippen LogP contribution >= 0.6 is 11.3 Å². The smallest absolute Gasteiger partial charge is 0.243 e. The number of thiazole rings is 1. The highest BCUT2D eigenvalue weighted by Gasteiger charge is 2.19. The van der Waals surface area contributed by atoms with Gasteiger partial charge in [0, 0.05) is 31.2 Å². The molecule has 0 bridgehead atoms. The van der Waals surface area contributed by atoms with E-state index in [4.69, 9.17) is 4.74 Å². The van der Waals surface area contributed by atoms with Crippen molar-refractivity contribution in [2.75, 3.05) is 32.6 Å². The van der Waals surface area contributed by atoms with E-state index in [1.54, 1.807) is 12.5 Å². The second kappa shape index (κ2) is 8.98. The molecule has 25 heavy (non-hydrogen) atoms. The molecule has 0 saturated heterocycles. The van der Waals surface area contributed by atoms with Crippen molar-refractivity contribution in [3.63, 3.8) is 0 Å². The van der Waals surface area contributed by atoms with E-state index in [1.165, 1.54) is 17.4 Å². The zero-order valence-corrected chi connectivity index (χ0v) is 15.2. The summed E-state index contributed by atoms with van der Waals surface area (Å²) in [7, 11) is 3.51. The van der Waals surface area contributed by atoms with E-state index in [1.807, 2.05) is 18.9 Å². The summed E-state index contributed by atoms with van der Waals surface area (Å²) in [4.78, 5) is 18.5. The van der Waals surface area contributed by atoms with Crippen molar-refractivity contribution in [1.82, 2.24) is 9.88 Å². The van der Waals surface area contributed by atoms with Gasteiger partial charge in [-0.15, -0.1) is 11.3 Å². The van der Waals surface area contributed by atoms with Crippen LogP contribution in [-0.4, -0.2) is 49.1 Å². The van der Waals surface area contributed by atoms with Crippen LogP contribution in [0.4, 0.5) is 13.9 Å². The van der Waals surface area contributed by atoms with E-state index in [0.29, 0.717) is 23.0 Å². The lowest BCUT2D eigenvalue weighted by atomic mass is 10.2. The van der Waals surface area contributed by atoms with Crippen molar-refractivity contribution in [3.05, 3.63) is 35.2 Å². The number of hydrogen-bond donors (Lipinski definition) is 1. The molecule has 2 aromatic rings. The summed E-state index contributed by atoms with van der Waals surface area (Å²) in [6, 6.07) is 3.26. The maximum atomic E-state index is 13.3. The third kappa shape index (κ3) is 5.29. The molecule has 5 nitrogen and oxygen atoms in total. The molecular weight excluding hydrogens is 348 g/mol. The van der Waals surface area contributed by atoms with Gasteiger partial charge >= 0.3 is 0 Å². The Labute approximate surface area is 149 Å². The number of anilines is 1. The zero-order chi connectivity index (χ0) is 18.4. The third-order valence-corrected chi connectivity index (χ3v) is 4.61. The number of rotatable bonds is 8. The molecule has 1 aromatic carbocycles. The third-order valence-electron chi connectivity index (χ3n) is 3.85. The Kier molecular flexibility index (Phi) is 6.98. The lowest BCUT2D eigenvalue weighted by molar-refractivity contribution is -0.120. The molecule has 1 aromatic heterocycles. The van der Waals surface area contributed by atoms with Gasteiger partial charge in [-0.3, -0.25) is 9.69 Å². The highest BCUT2D eigenvalue weighted by Crippen LogP contribution is 2.26. The van der Waals surface area contributed by atoms with E-state index in [-0.39, 0.29) is 11.9 Å². The molecule has 0 radical (unpaired) electrons. The van der Waals surface area contributed by atoms with Gasteiger partial charge in [-0.2, -0.15) is 0 Å². The summed E-state index contributed by atoms with van der Waals surface area (Å²) in [6.45, 7) is 3.19. The lowest BCUT2D eigenvalue weighted by Crippen LogP contribution is -2.40. The van der Waals surface area contributed by atoms with Gasteiger partial charge in [-0.05, 0) is 38.6 Å². The molecule has 0 fully saturated rings. The maximum absolute atomic E-state index is 13.3. The van der Waals surface area contributed by atoms with Crippen molar-refractivity contribution in [2.45, 2.75) is 19.4 Å². The minimum Gasteiger partial charge on any atom is -0.385 e. The quantitative estimate of drug-likeness (QED) is 0.725. The van der Waals surface area contributed by atoms with Crippen molar-refractivity contribution < 1.29 is 18.3 Å². The number of nitrogens with one attached hydrogen (secondary N) is 1. The van der Waals surface area contributed by atoms with Crippen LogP contribution in [0.5, 0.6) is 0 Å². The minimum atomic E-state index is -0.928. The van der Waals surface area contributed by atoms with Crippen LogP contribution in [0, 0.1) is 11.6 Å². The van der Waals surface area contributed by atoms with Crippen LogP contribution in [0.2, 0.25) is 0 Å². The number of likely N-dealkylation sites (N-methyl/N-ethyl adjacent to an activating group) is 1. The second-order valence-corrected chi connectivity index (χ2v) is 6.52. The van der Waals surface area contributed by atoms with Gasteiger partial charge in [0.05, 0.1) is 11.7 Å². The first-order valence-electron chi connectivity index (χ1n) is 7.83. The summed E-state index contributed by atoms with van der Waals surface area (Å²) in [5.41, 5.74) is 0.945. The Balaban J connectivity index is 1.97. The standard InChI is InChI=1S/C17H21F2N3O2S/c1-11(22(2)7-4-8-24-3)16(23)21-17-20-15(10-25-17)12-5-6-13(18)14(19)9-12/h5-6,9-11H,4,7-8H2,1-3H3,(H,20,21,23). The molecule has 0 aliphatic rings. The molecule has 1 N–H and O–H groups in total. The zero-order valence-electron chi connectivity index (χ0n) is 14.4. The SMILES string of the molecule is COCCCN(C)C(C)C(=O)Nc1nc(-c2ccc(F)c(F)c2)cs1. The van der Waals surface area contributed by atoms with Crippen LogP contribution < -0.4 is 5.32 Å². The van der Waals surface area contributed by atoms with Gasteiger partial charge in [-0.1, -0.05) is 0 Å². The van der Waals surface area contributed by atoms with E-state index in [0.717, 1.165) is 25.1 Å². The van der Waals surface area contributed by atoms with Gasteiger partial charge < -0.3 is 10.1 Å². The number of methoxy groups -OCH3 is 1. The molecule has 1 atom stereocenters. The fraction of sp³-hybridized carbons (Fsp3) is 0.412. The summed E-state index contributed by atoms with van der Waals surface area (Å²) in [5, 5.41) is 4.87. The minimum absolute atomic E-state index is 0.175. The van der Waals surface area contributed by atoms with Crippen LogP contribution in [0.25, 0.3) is 11.3 Å². The molecular formula is C17H21F2N3O2S. The summed E-state index contributed by atoms with van der Waals surface area (Å²) in [6.07, 6.45) is 0.835. The lowest BCUT2D eigenvalue weighted by Gasteiger charge is -2.23. The van der Waals surface area contributed by atoms with Crippen LogP contribution in [0.1, 0.15) is 13.3 Å². The molecule has 0 saturated carbocycles. The van der Waals surface area contributed by atoms with Gasteiger partial charge in [0.15, 0.2) is 16.8 Å². The number of ether oxygens (including phenoxy) is 1. The highest BCUT2D eigenvalue weighted by atomic mass is 32.1. The monoisotopic (exact) mass is 369 g/mol. The maximum Gasteiger partial charge on any atom is 0.243 e. The van der Waals surface area contributed by atoms with Crippen LogP contribution in [0.15, 0.2) is 23.6 Å². The number of nitrogens with zero attached hydrogens (tertiary/aromatic N) is 2. The molecule has 0 aliphatic carbocycles. The van der Waals surface area contributed by atoms with Crippen molar-refractivity contribution in [3.8, 4) is 11.3 Å². The molecule has 1 amide bonds. The first kappa shape index (κ1) is 19.4. The van der Waals surface area contributed by atoms with Gasteiger partial charge in [0.2, 0.25) is 5.91 Å². The predicted molar refractivity (Wildman–Crippen MR) is 94.7 cm³/mol. The fourth-order valence-corrected chi connectivity index (χ4v) is 2.90. The Morgan fingerprint density at radius 3 is 2.84 bits per heavy atom. The molecule has 8 heteroatoms. The summed E-state index contributed by atoms with van der Waals surface area (Å²) in [5.74, 6) is -2.01. The molecule has 0 spiro atoms. The average molecular weight is 369 g/mol. The van der Waals surface area contributed by atoms with E-state index >= 15 is 0 Å². The van der Waals surface area contributed by atoms with Crippen molar-refractivity contribution in [2.24, 2.45) is 0 Å². The Morgan fingerprint density at radius 1 is 1.40 bits per heavy atom. The normalized spacial score (nSPS) is 12.4. The Bertz CT molecular complexity index is 724. The number of halogens is 2. The average Bonchev–Trinajstić information content (AvgIpc) is 3.05. The van der Waals surface area contributed by atoms with Gasteiger partial charge in [-0.25, -0.2) is 13.8 Å². The number of aromatic nitrogens is 1. The van der Waals surface area contributed by atoms with E-state index in [9.17, 15) is 13.6 Å². The first-order valence-corrected chi connectivity index (χ1v) is 8.71. The number of hydrogen-bond acceptors (Lipinski definition) is 5. The number of carbonyl (C=O) groups excluding carboxylic acids is 1. The molecule has 1 heterocycles. The number of carbonyl (C=O) groups is 1. The van der Waals surface area contributed by atoms with Crippen LogP contribution in [-0.2, 0) is 9.53 Å². The number of amides is 1. The predicted octanol–water partition coefficient (Wildman–Crippen LogP) is 3.38. The molecule has 1 unspecified atom stereocenters. The van der Waals surface area contributed by atoms with Gasteiger partial charge in [0.1, 0.15) is 0 Å². The first-order chi connectivity index (χ1) is 11.9. The molecule has 0 aliphatic heterocycles. The van der Waals surface area contributed by atoms with Gasteiger partial charge in [0.25, 0.3) is 0 Å². The van der Waals surface area contributed by atoms with Crippen LogP contribution in [0.3, 0.4) is 0 Å². The molecule has 2 rings (SSSR count). The van der Waals surface area contributed by atoms with E-state index in [2.05, 4.69) is 10.3 Å². The number of benzene rings is 1. The Morgan fingerprint density at radius 2 is 2.16 bits per heavy atom. The summed E-state index contributed by atoms with van der Waals surface area (Å²) >= 11 is 1.24. The Hall–Kier alpha value is -1.90. The highest BCUT2D eigenvalue weighted by molar-refractivity contribution is 7.14. The summed E-state index contributed by atoms with van der Waals surface area (Å²) < 4.78 is 31.3. The second-order valence-electron chi connectivity index (χ2n) is 5.66.